The maximum Gasteiger partial charge on any atom is 0.250 e. The molecule has 32 nitrogen and oxygen atoms in total. The van der Waals surface area contributed by atoms with Crippen molar-refractivity contribution in [3.8, 4) is 99.3 Å². The lowest BCUT2D eigenvalue weighted by atomic mass is 9.73. The number of aromatic hydroxyl groups is 3. The number of hydrogen-bond acceptors (Lipinski definition) is 36. The van der Waals surface area contributed by atoms with Gasteiger partial charge >= 0.3 is 0 Å². The monoisotopic (exact) mass is 1790 g/mol. The minimum atomic E-state index is -0.451. The van der Waals surface area contributed by atoms with Gasteiger partial charge < -0.3 is 60.8 Å². The van der Waals surface area contributed by atoms with E-state index < -0.39 is 5.82 Å². The molecule has 6 bridgehead atoms. The lowest BCUT2D eigenvalue weighted by Crippen LogP contribution is -2.60. The number of fused-ring (bicyclic) bond motifs is 10. The molecule has 0 radical (unpaired) electrons. The molecule has 0 aliphatic carbocycles. The van der Waals surface area contributed by atoms with Gasteiger partial charge in [0, 0.05) is 184 Å². The number of pyridine rings is 4. The van der Waals surface area contributed by atoms with Gasteiger partial charge in [0.1, 0.15) is 49.4 Å². The van der Waals surface area contributed by atoms with Gasteiger partial charge in [-0.2, -0.15) is 15.3 Å². The van der Waals surface area contributed by atoms with Crippen molar-refractivity contribution >= 4 is 150 Å². The normalized spacial score (nSPS) is 21.8. The van der Waals surface area contributed by atoms with E-state index in [4.69, 9.17) is 34.9 Å². The van der Waals surface area contributed by atoms with Gasteiger partial charge in [-0.15, -0.1) is 0 Å². The molecule has 9 N–H and O–H groups in total. The first-order valence-corrected chi connectivity index (χ1v) is 47.2. The molecule has 16 aromatic rings. The molecule has 0 saturated carbocycles. The molecule has 24 rings (SSSR count). The van der Waals surface area contributed by atoms with Crippen LogP contribution in [0.1, 0.15) is 89.9 Å². The molecule has 8 fully saturated rings. The Morgan fingerprint density at radius 1 is 0.459 bits per heavy atom. The van der Waals surface area contributed by atoms with Crippen LogP contribution in [-0.4, -0.2) is 217 Å². The highest BCUT2D eigenvalue weighted by Gasteiger charge is 2.45. The number of nitrogens with zero attached hydrogens (tertiary/aromatic N) is 22. The molecule has 1 spiro atoms. The molecular weight excluding hydrogens is 1700 g/mol. The Balaban J connectivity index is 0.000000100. The summed E-state index contributed by atoms with van der Waals surface area (Å²) in [6.45, 7) is 4.45. The summed E-state index contributed by atoms with van der Waals surface area (Å²) in [5, 5.41) is 70.4. The summed E-state index contributed by atoms with van der Waals surface area (Å²) in [7, 11) is 8.15. The van der Waals surface area contributed by atoms with Crippen LogP contribution < -0.4 is 46.4 Å². The average Bonchev–Trinajstić information content (AvgIpc) is 1.54. The number of aromatic nitrogens is 20. The van der Waals surface area contributed by atoms with Crippen molar-refractivity contribution in [2.24, 2.45) is 12.5 Å². The first-order valence-electron chi connectivity index (χ1n) is 40.7. The van der Waals surface area contributed by atoms with E-state index in [1.54, 1.807) is 125 Å². The smallest absolute Gasteiger partial charge is 0.250 e. The third kappa shape index (κ3) is 15.8. The summed E-state index contributed by atoms with van der Waals surface area (Å²) in [5.74, 6) is 0.306. The summed E-state index contributed by atoms with van der Waals surface area (Å²) in [4.78, 5) is 88.9. The predicted molar refractivity (Wildman–Crippen MR) is 481 cm³/mol. The van der Waals surface area contributed by atoms with E-state index >= 15 is 0 Å². The van der Waals surface area contributed by atoms with Crippen molar-refractivity contribution in [3.05, 3.63) is 121 Å². The van der Waals surface area contributed by atoms with Crippen molar-refractivity contribution in [1.82, 2.24) is 121 Å². The van der Waals surface area contributed by atoms with Crippen molar-refractivity contribution in [2.75, 3.05) is 66.9 Å². The van der Waals surface area contributed by atoms with Gasteiger partial charge in [-0.25, -0.2) is 73.9 Å². The van der Waals surface area contributed by atoms with E-state index in [9.17, 15) is 24.5 Å². The molecular formula is C81H83FN28O4S8. The van der Waals surface area contributed by atoms with E-state index in [1.807, 2.05) is 12.3 Å². The van der Waals surface area contributed by atoms with E-state index in [0.29, 0.717) is 115 Å². The van der Waals surface area contributed by atoms with Gasteiger partial charge in [-0.3, -0.25) is 15.0 Å². The van der Waals surface area contributed by atoms with Gasteiger partial charge in [0.2, 0.25) is 0 Å². The number of thiazole rings is 8. The fourth-order valence-electron chi connectivity index (χ4n) is 18.0. The summed E-state index contributed by atoms with van der Waals surface area (Å²) >= 11 is 12.4. The third-order valence-corrected chi connectivity index (χ3v) is 33.2. The number of nitrogens with one attached hydrogen (secondary N) is 6. The second-order valence-electron chi connectivity index (χ2n) is 32.7. The Kier molecular flexibility index (Phi) is 21.1. The number of rotatable bonds is 15. The highest BCUT2D eigenvalue weighted by Crippen LogP contribution is 2.48. The molecule has 0 aromatic carbocycles. The standard InChI is InChI=1S/C23H24N6O2S2.C20H20FN7OS2.C19H20N8S2.C19H19N7OS2/c1-28-6-5-12(8-18(28)31)13-7-17(30)19(24-11-13)20-26-21-22(32-20)27-23(33-21)29(2)16-9-14-3-4-15(10-16)25-14;1-27(13-4-11-2-3-12(5-13)24-11)20-26-19-18(31-20)25-17(30-19)16-15(29)6-14(8-22-16)28-9-10(21)7-23-28;1-27(14-4-12-2-3-13(5-14)24-12)19-26-18-17(29-19)25-16(28-18)15-20-6-10(7-21-15)11-8-22-23-9-11;27-13-5-11(12-7-22-23-8-12)6-21-14(13)15-24-16-17(28-15)25-18(29-16)26-9-19(10-26)1-3-20-4-2-19/h5-8,11,14-16,25,30H,3-4,9-10H2,1-2H3;6-9,11-13,24,29H,2-5H2,1H3;6-9,12-14,24H,2-5H2,1H3,(H,22,23);5-8,20,27H,1-4,9-10H2,(H,22,23)/t14-,15+,16?;11-,12+,13?;12-,13+,14?;. The second-order valence-corrected chi connectivity index (χ2v) is 40.4. The van der Waals surface area contributed by atoms with E-state index in [2.05, 4.69) is 117 Å². The zero-order valence-electron chi connectivity index (χ0n) is 66.5. The second kappa shape index (κ2) is 32.7. The Hall–Kier alpha value is -10.4. The Morgan fingerprint density at radius 3 is 1.30 bits per heavy atom. The van der Waals surface area contributed by atoms with Crippen molar-refractivity contribution in [1.29, 1.82) is 0 Å². The molecule has 122 heavy (non-hydrogen) atoms. The van der Waals surface area contributed by atoms with E-state index in [1.165, 1.54) is 132 Å². The van der Waals surface area contributed by atoms with Gasteiger partial charge in [0.15, 0.2) is 75.8 Å². The first kappa shape index (κ1) is 78.8. The molecule has 8 aliphatic rings. The molecule has 41 heteroatoms. The SMILES string of the molecule is CN(c1nc2sc(-c3ncc(-c4ccn(C)c(=O)c4)cc3O)nc2s1)C1C[C@H]2CC[C@@H](C1)N2.CN(c1nc2sc(-c3ncc(-c4cn[nH]c4)cn3)nc2s1)C1C[C@H]2CC[C@@H](C1)N2.CN(c1nc2sc(-c3ncc(-n4cc(F)cn4)cc3O)nc2s1)C1C[C@H]2CC[C@@H](C1)N2.Oc1cc(-c2cn[nH]c2)cnc1-c1nc2sc(N3CC4(CCNCC4)C3)nc2s1. The summed E-state index contributed by atoms with van der Waals surface area (Å²) < 4.78 is 16.0. The molecule has 8 aliphatic heterocycles. The van der Waals surface area contributed by atoms with Crippen LogP contribution in [0.4, 0.5) is 24.9 Å². The van der Waals surface area contributed by atoms with Gasteiger partial charge in [-0.05, 0) is 127 Å². The maximum absolute atomic E-state index is 13.2. The summed E-state index contributed by atoms with van der Waals surface area (Å²) in [5.41, 5.74) is 7.15. The minimum absolute atomic E-state index is 0.0302. The Bertz CT molecular complexity index is 6370. The highest BCUT2D eigenvalue weighted by atomic mass is 32.1. The fourth-order valence-corrected chi connectivity index (χ4v) is 26.3. The first-order chi connectivity index (χ1) is 59.4. The number of anilines is 4. The molecule has 626 valence electrons. The number of aryl methyl sites for hydroxylation is 1. The minimum Gasteiger partial charge on any atom is -0.506 e. The topological polar surface area (TPSA) is 387 Å². The van der Waals surface area contributed by atoms with Gasteiger partial charge in [0.05, 0.1) is 36.7 Å². The largest absolute Gasteiger partial charge is 0.506 e. The molecule has 24 heterocycles. The maximum atomic E-state index is 13.2. The van der Waals surface area contributed by atoms with Gasteiger partial charge in [0.25, 0.3) is 5.56 Å². The van der Waals surface area contributed by atoms with Crippen molar-refractivity contribution in [3.63, 3.8) is 0 Å². The summed E-state index contributed by atoms with van der Waals surface area (Å²) in [6.07, 6.45) is 36.9. The zero-order valence-corrected chi connectivity index (χ0v) is 73.0. The fraction of sp³-hybridized carbons (Fsp3) is 0.395. The lowest BCUT2D eigenvalue weighted by Gasteiger charge is -2.52. The van der Waals surface area contributed by atoms with Crippen LogP contribution in [0.3, 0.4) is 0 Å². The Labute approximate surface area is 728 Å². The third-order valence-electron chi connectivity index (χ3n) is 24.7. The van der Waals surface area contributed by atoms with Crippen LogP contribution in [0, 0.1) is 11.2 Å². The quantitative estimate of drug-likeness (QED) is 0.0460. The number of hydrogen-bond donors (Lipinski definition) is 9. The number of piperidine rings is 4. The highest BCUT2D eigenvalue weighted by molar-refractivity contribution is 7.31. The number of halogens is 1. The van der Waals surface area contributed by atoms with Crippen LogP contribution in [0.15, 0.2) is 109 Å². The molecule has 8 saturated heterocycles. The van der Waals surface area contributed by atoms with Crippen LogP contribution >= 0.6 is 90.7 Å². The van der Waals surface area contributed by atoms with Crippen LogP contribution in [0.25, 0.3) is 121 Å². The molecule has 16 aromatic heterocycles. The van der Waals surface area contributed by atoms with Gasteiger partial charge in [-0.1, -0.05) is 90.7 Å². The predicted octanol–water partition coefficient (Wildman–Crippen LogP) is 13.6. The molecule has 3 unspecified atom stereocenters. The molecule has 9 atom stereocenters. The number of aromatic amines is 2. The molecule has 0 amide bonds. The Morgan fingerprint density at radius 2 is 0.877 bits per heavy atom. The van der Waals surface area contributed by atoms with Crippen LogP contribution in [-0.2, 0) is 7.05 Å². The average molecular weight is 1790 g/mol. The lowest BCUT2D eigenvalue weighted by molar-refractivity contribution is 0.150. The van der Waals surface area contributed by atoms with Crippen LogP contribution in [0.5, 0.6) is 17.2 Å². The zero-order chi connectivity index (χ0) is 82.6. The van der Waals surface area contributed by atoms with E-state index in [0.717, 1.165) is 144 Å². The van der Waals surface area contributed by atoms with Crippen molar-refractivity contribution in [2.45, 2.75) is 144 Å². The number of H-pyrrole nitrogens is 2. The van der Waals surface area contributed by atoms with E-state index in [-0.39, 0.29) is 22.8 Å². The summed E-state index contributed by atoms with van der Waals surface area (Å²) in [6, 6.07) is 13.6. The van der Waals surface area contributed by atoms with Crippen molar-refractivity contribution < 1.29 is 19.7 Å². The van der Waals surface area contributed by atoms with Crippen LogP contribution in [0.2, 0.25) is 0 Å².